The lowest BCUT2D eigenvalue weighted by atomic mass is 9.97. The van der Waals surface area contributed by atoms with Crippen molar-refractivity contribution >= 4 is 33.2 Å². The van der Waals surface area contributed by atoms with E-state index in [2.05, 4.69) is 88.4 Å². The zero-order valence-corrected chi connectivity index (χ0v) is 28.2. The first-order chi connectivity index (χ1) is 19.2. The van der Waals surface area contributed by atoms with Crippen LogP contribution < -0.4 is 10.1 Å². The van der Waals surface area contributed by atoms with Crippen LogP contribution in [0.2, 0.25) is 37.8 Å². The van der Waals surface area contributed by atoms with Gasteiger partial charge in [0.15, 0.2) is 8.32 Å². The van der Waals surface area contributed by atoms with Crippen molar-refractivity contribution in [2.45, 2.75) is 71.6 Å². The van der Waals surface area contributed by atoms with Crippen LogP contribution in [-0.4, -0.2) is 46.2 Å². The smallest absolute Gasteiger partial charge is 0.337 e. The first-order valence-corrected chi connectivity index (χ1v) is 20.6. The fourth-order valence-electron chi connectivity index (χ4n) is 4.87. The second-order valence-electron chi connectivity index (χ2n) is 13.2. The molecule has 0 fully saturated rings. The molecule has 8 heteroatoms. The Morgan fingerprint density at radius 3 is 2.15 bits per heavy atom. The highest BCUT2D eigenvalue weighted by molar-refractivity contribution is 6.88. The highest BCUT2D eigenvalue weighted by Crippen LogP contribution is 2.37. The average Bonchev–Trinajstić information content (AvgIpc) is 3.27. The number of esters is 1. The molecular weight excluding hydrogens is 545 g/mol. The quantitative estimate of drug-likeness (QED) is 0.150. The van der Waals surface area contributed by atoms with Gasteiger partial charge in [-0.15, -0.1) is 0 Å². The molecule has 0 bridgehead atoms. The van der Waals surface area contributed by atoms with Crippen LogP contribution >= 0.6 is 0 Å². The summed E-state index contributed by atoms with van der Waals surface area (Å²) in [5, 5.41) is 6.44. The summed E-state index contributed by atoms with van der Waals surface area (Å²) < 4.78 is 19.6. The first kappa shape index (κ1) is 30.7. The molecule has 4 aromatic rings. The van der Waals surface area contributed by atoms with Crippen molar-refractivity contribution in [3.8, 4) is 17.0 Å². The third-order valence-electron chi connectivity index (χ3n) is 8.10. The minimum Gasteiger partial charge on any atom is -0.495 e. The SMILES string of the molecule is COC(=O)c1cc(CO[Si](C)(C)C(C)(C)C)cc(Cc2c(-c3ccccc3)nn3c([Si](C)(C)C)c(OC)ccc23)c1. The lowest BCUT2D eigenvalue weighted by Crippen LogP contribution is -2.43. The molecule has 0 amide bonds. The molecule has 0 radical (unpaired) electrons. The standard InChI is InChI=1S/C33H44N2O4Si2/c1-33(2,3)41(9,10)39-22-24-18-23(19-26(20-24)32(36)38-5)21-27-28-16-17-29(37-4)31(40(6,7)8)35(28)34-30(27)25-14-12-11-13-15-25/h11-20H,21-22H2,1-10H3. The van der Waals surface area contributed by atoms with Gasteiger partial charge in [-0.25, -0.2) is 9.31 Å². The summed E-state index contributed by atoms with van der Waals surface area (Å²) in [5.74, 6) is 0.511. The van der Waals surface area contributed by atoms with Gasteiger partial charge in [-0.1, -0.05) is 76.8 Å². The lowest BCUT2D eigenvalue weighted by Gasteiger charge is -2.36. The van der Waals surface area contributed by atoms with E-state index in [1.54, 1.807) is 7.11 Å². The van der Waals surface area contributed by atoms with Gasteiger partial charge < -0.3 is 13.9 Å². The predicted molar refractivity (Wildman–Crippen MR) is 173 cm³/mol. The molecule has 0 saturated heterocycles. The van der Waals surface area contributed by atoms with E-state index in [4.69, 9.17) is 19.0 Å². The minimum atomic E-state index is -1.98. The van der Waals surface area contributed by atoms with Crippen LogP contribution in [0.1, 0.15) is 47.8 Å². The first-order valence-electron chi connectivity index (χ1n) is 14.2. The Kier molecular flexibility index (Phi) is 8.69. The molecule has 4 rings (SSSR count). The Balaban J connectivity index is 1.88. The molecule has 0 aliphatic carbocycles. The molecular formula is C33H44N2O4Si2. The van der Waals surface area contributed by atoms with Crippen molar-refractivity contribution in [2.24, 2.45) is 0 Å². The number of ether oxygens (including phenoxy) is 2. The van der Waals surface area contributed by atoms with E-state index in [-0.39, 0.29) is 11.0 Å². The molecule has 0 atom stereocenters. The van der Waals surface area contributed by atoms with Crippen molar-refractivity contribution in [3.63, 3.8) is 0 Å². The number of fused-ring (bicyclic) bond motifs is 1. The Labute approximate surface area is 246 Å². The summed E-state index contributed by atoms with van der Waals surface area (Å²) in [7, 11) is -0.685. The maximum absolute atomic E-state index is 12.7. The van der Waals surface area contributed by atoms with Gasteiger partial charge in [-0.2, -0.15) is 5.10 Å². The predicted octanol–water partition coefficient (Wildman–Crippen LogP) is 7.45. The highest BCUT2D eigenvalue weighted by Gasteiger charge is 2.37. The molecule has 0 unspecified atom stereocenters. The fraction of sp³-hybridized carbons (Fsp3) is 0.394. The molecule has 218 valence electrons. The topological polar surface area (TPSA) is 62.1 Å². The summed E-state index contributed by atoms with van der Waals surface area (Å²) in [4.78, 5) is 12.7. The van der Waals surface area contributed by atoms with E-state index in [0.29, 0.717) is 18.6 Å². The number of methoxy groups -OCH3 is 2. The van der Waals surface area contributed by atoms with Crippen molar-refractivity contribution in [1.82, 2.24) is 9.61 Å². The van der Waals surface area contributed by atoms with Gasteiger partial charge >= 0.3 is 5.97 Å². The largest absolute Gasteiger partial charge is 0.495 e. The van der Waals surface area contributed by atoms with Gasteiger partial charge in [-0.05, 0) is 53.5 Å². The fourth-order valence-corrected chi connectivity index (χ4v) is 7.56. The van der Waals surface area contributed by atoms with E-state index in [9.17, 15) is 4.79 Å². The highest BCUT2D eigenvalue weighted by atomic mass is 28.4. The Bertz CT molecular complexity index is 1550. The van der Waals surface area contributed by atoms with Crippen molar-refractivity contribution in [2.75, 3.05) is 14.2 Å². The van der Waals surface area contributed by atoms with E-state index < -0.39 is 16.4 Å². The Hall–Kier alpha value is -3.21. The van der Waals surface area contributed by atoms with Crippen LogP contribution in [0.25, 0.3) is 16.8 Å². The molecule has 0 spiro atoms. The number of hydrogen-bond donors (Lipinski definition) is 0. The van der Waals surface area contributed by atoms with Gasteiger partial charge in [0.05, 0.1) is 42.9 Å². The van der Waals surface area contributed by atoms with Crippen molar-refractivity contribution < 1.29 is 18.7 Å². The molecule has 6 nitrogen and oxygen atoms in total. The molecule has 2 heterocycles. The van der Waals surface area contributed by atoms with Crippen LogP contribution in [0.4, 0.5) is 0 Å². The molecule has 0 aliphatic rings. The van der Waals surface area contributed by atoms with Crippen LogP contribution in [0.3, 0.4) is 0 Å². The summed E-state index contributed by atoms with van der Waals surface area (Å²) in [6.07, 6.45) is 0.600. The number of benzene rings is 2. The number of nitrogens with zero attached hydrogens (tertiary/aromatic N) is 2. The maximum atomic E-state index is 12.7. The van der Waals surface area contributed by atoms with Crippen molar-refractivity contribution in [3.05, 3.63) is 82.9 Å². The van der Waals surface area contributed by atoms with Gasteiger partial charge in [0.25, 0.3) is 0 Å². The number of pyridine rings is 1. The number of aromatic nitrogens is 2. The van der Waals surface area contributed by atoms with E-state index in [1.165, 1.54) is 7.11 Å². The molecule has 2 aromatic heterocycles. The molecule has 2 aromatic carbocycles. The summed E-state index contributed by atoms with van der Waals surface area (Å²) >= 11 is 0. The van der Waals surface area contributed by atoms with E-state index in [1.807, 2.05) is 30.3 Å². The van der Waals surface area contributed by atoms with Gasteiger partial charge in [0, 0.05) is 17.5 Å². The van der Waals surface area contributed by atoms with Gasteiger partial charge in [0.2, 0.25) is 0 Å². The molecule has 0 saturated carbocycles. The van der Waals surface area contributed by atoms with E-state index in [0.717, 1.165) is 44.5 Å². The zero-order valence-electron chi connectivity index (χ0n) is 26.2. The summed E-state index contributed by atoms with van der Waals surface area (Å²) in [6, 6.07) is 20.4. The number of hydrogen-bond acceptors (Lipinski definition) is 5. The van der Waals surface area contributed by atoms with E-state index >= 15 is 0 Å². The molecule has 0 aliphatic heterocycles. The normalized spacial score (nSPS) is 12.5. The monoisotopic (exact) mass is 588 g/mol. The Morgan fingerprint density at radius 1 is 0.902 bits per heavy atom. The summed E-state index contributed by atoms with van der Waals surface area (Å²) in [6.45, 7) is 18.6. The second-order valence-corrected chi connectivity index (χ2v) is 23.0. The third kappa shape index (κ3) is 6.50. The lowest BCUT2D eigenvalue weighted by molar-refractivity contribution is 0.0600. The third-order valence-corrected chi connectivity index (χ3v) is 14.5. The van der Waals surface area contributed by atoms with Gasteiger partial charge in [-0.3, -0.25) is 0 Å². The number of carbonyl (C=O) groups excluding carboxylic acids is 1. The Morgan fingerprint density at radius 2 is 1.56 bits per heavy atom. The molecule has 41 heavy (non-hydrogen) atoms. The second kappa shape index (κ2) is 11.6. The molecule has 0 N–H and O–H groups in total. The zero-order chi connectivity index (χ0) is 30.2. The van der Waals surface area contributed by atoms with Crippen LogP contribution in [0.15, 0.2) is 60.7 Å². The van der Waals surface area contributed by atoms with Crippen molar-refractivity contribution in [1.29, 1.82) is 0 Å². The average molecular weight is 589 g/mol. The minimum absolute atomic E-state index is 0.0899. The van der Waals surface area contributed by atoms with Crippen LogP contribution in [-0.2, 0) is 22.2 Å². The van der Waals surface area contributed by atoms with Crippen LogP contribution in [0, 0.1) is 0 Å². The maximum Gasteiger partial charge on any atom is 0.337 e. The van der Waals surface area contributed by atoms with Gasteiger partial charge in [0.1, 0.15) is 13.8 Å². The van der Waals surface area contributed by atoms with Crippen LogP contribution in [0.5, 0.6) is 5.75 Å². The summed E-state index contributed by atoms with van der Waals surface area (Å²) in [5.41, 5.74) is 6.65. The number of rotatable bonds is 9. The number of carbonyl (C=O) groups is 1.